The summed E-state index contributed by atoms with van der Waals surface area (Å²) in [6.45, 7) is 0. The van der Waals surface area contributed by atoms with E-state index in [1.807, 2.05) is 0 Å². The standard InChI is InChI=1S/C21H15Se.ClHO4/c1-3-9-16(10-4-1)19-15-21(17-11-5-2-6-12-17)22-20-14-8-7-13-18(19)20;2-1(3,4)5/h1-15H;(H,2,3,4,5)/q+1;/p-1. The fourth-order valence-corrected chi connectivity index (χ4v) is 5.05. The third kappa shape index (κ3) is 5.70. The van der Waals surface area contributed by atoms with E-state index in [2.05, 4.69) is 91.0 Å². The van der Waals surface area contributed by atoms with E-state index in [1.165, 1.54) is 30.8 Å². The van der Waals surface area contributed by atoms with Crippen molar-refractivity contribution in [1.29, 1.82) is 0 Å². The molecule has 4 aromatic rings. The summed E-state index contributed by atoms with van der Waals surface area (Å²) in [5.74, 6) is 0. The van der Waals surface area contributed by atoms with Crippen molar-refractivity contribution in [2.45, 2.75) is 0 Å². The molecule has 0 atom stereocenters. The van der Waals surface area contributed by atoms with Gasteiger partial charge in [0.15, 0.2) is 0 Å². The van der Waals surface area contributed by atoms with E-state index in [9.17, 15) is 0 Å². The summed E-state index contributed by atoms with van der Waals surface area (Å²) in [4.78, 5) is 0. The number of halogens is 1. The minimum absolute atomic E-state index is 0.357. The van der Waals surface area contributed by atoms with Gasteiger partial charge in [0.05, 0.1) is 0 Å². The summed E-state index contributed by atoms with van der Waals surface area (Å²) < 4.78 is 36.9. The van der Waals surface area contributed by atoms with Crippen LogP contribution in [-0.4, -0.2) is 14.5 Å². The summed E-state index contributed by atoms with van der Waals surface area (Å²) in [7, 11) is -4.94. The van der Waals surface area contributed by atoms with Gasteiger partial charge in [0.2, 0.25) is 0 Å². The van der Waals surface area contributed by atoms with Gasteiger partial charge in [-0.15, -0.1) is 10.2 Å². The Morgan fingerprint density at radius 3 is 1.67 bits per heavy atom. The fraction of sp³-hybridized carbons (Fsp3) is 0. The van der Waals surface area contributed by atoms with Crippen molar-refractivity contribution in [3.8, 4) is 21.1 Å². The van der Waals surface area contributed by atoms with Crippen LogP contribution in [-0.2, 0) is 0 Å². The van der Waals surface area contributed by atoms with Gasteiger partial charge in [-0.1, -0.05) is 0 Å². The Morgan fingerprint density at radius 1 is 0.593 bits per heavy atom. The molecule has 4 rings (SSSR count). The van der Waals surface area contributed by atoms with Gasteiger partial charge >= 0.3 is 136 Å². The van der Waals surface area contributed by atoms with Crippen molar-refractivity contribution in [3.05, 3.63) is 91.0 Å². The van der Waals surface area contributed by atoms with Crippen molar-refractivity contribution >= 4 is 24.1 Å². The van der Waals surface area contributed by atoms with E-state index in [-0.39, 0.29) is 0 Å². The molecule has 0 aliphatic rings. The normalized spacial score (nSPS) is 11.0. The maximum atomic E-state index is 8.49. The van der Waals surface area contributed by atoms with Gasteiger partial charge in [0.1, 0.15) is 0 Å². The van der Waals surface area contributed by atoms with Crippen LogP contribution in [0.25, 0.3) is 30.8 Å². The monoisotopic (exact) mass is 446 g/mol. The van der Waals surface area contributed by atoms with Crippen LogP contribution in [0.3, 0.4) is 0 Å². The zero-order valence-electron chi connectivity index (χ0n) is 14.1. The maximum absolute atomic E-state index is 8.49. The van der Waals surface area contributed by atoms with E-state index < -0.39 is 10.2 Å². The molecule has 0 unspecified atom stereocenters. The predicted octanol–water partition coefficient (Wildman–Crippen LogP) is 0.756. The van der Waals surface area contributed by atoms with Gasteiger partial charge in [-0.25, -0.2) is 18.6 Å². The van der Waals surface area contributed by atoms with Crippen molar-refractivity contribution in [2.24, 2.45) is 0 Å². The summed E-state index contributed by atoms with van der Waals surface area (Å²) in [6.07, 6.45) is 0. The predicted molar refractivity (Wildman–Crippen MR) is 96.2 cm³/mol. The molecule has 0 radical (unpaired) electrons. The fourth-order valence-electron chi connectivity index (χ4n) is 2.74. The van der Waals surface area contributed by atoms with Crippen LogP contribution < -0.4 is 18.6 Å². The van der Waals surface area contributed by atoms with E-state index in [4.69, 9.17) is 18.6 Å². The van der Waals surface area contributed by atoms with Crippen LogP contribution in [0.5, 0.6) is 0 Å². The van der Waals surface area contributed by atoms with Crippen molar-refractivity contribution in [2.75, 3.05) is 0 Å². The Morgan fingerprint density at radius 2 is 1.07 bits per heavy atom. The molecule has 136 valence electrons. The van der Waals surface area contributed by atoms with E-state index in [0.29, 0.717) is 14.5 Å². The van der Waals surface area contributed by atoms with E-state index in [0.717, 1.165) is 0 Å². The quantitative estimate of drug-likeness (QED) is 0.426. The van der Waals surface area contributed by atoms with Crippen molar-refractivity contribution in [3.63, 3.8) is 0 Å². The minimum atomic E-state index is -4.94. The molecule has 1 heterocycles. The average molecular weight is 446 g/mol. The van der Waals surface area contributed by atoms with Crippen LogP contribution in [0.15, 0.2) is 91.0 Å². The first-order valence-corrected chi connectivity index (χ1v) is 10.9. The number of hydrogen-bond acceptors (Lipinski definition) is 4. The molecule has 0 bridgehead atoms. The SMILES string of the molecule is [O-][Cl+3]([O-])([O-])[O-].c1ccc(-c2cc(-c3ccccc3)c3ccccc3[se+]2)cc1. The van der Waals surface area contributed by atoms with Gasteiger partial charge in [-0.3, -0.25) is 0 Å². The second-order valence-corrected chi connectivity index (χ2v) is 8.66. The topological polar surface area (TPSA) is 92.2 Å². The van der Waals surface area contributed by atoms with Crippen LogP contribution >= 0.6 is 0 Å². The molecule has 27 heavy (non-hydrogen) atoms. The molecule has 0 spiro atoms. The van der Waals surface area contributed by atoms with Crippen molar-refractivity contribution in [1.82, 2.24) is 0 Å². The second kappa shape index (κ2) is 8.74. The van der Waals surface area contributed by atoms with Gasteiger partial charge in [-0.2, -0.15) is 0 Å². The molecular formula is C21H15ClO4Se. The first-order valence-electron chi connectivity index (χ1n) is 8.00. The van der Waals surface area contributed by atoms with E-state index >= 15 is 0 Å². The Hall–Kier alpha value is -2.08. The van der Waals surface area contributed by atoms with Gasteiger partial charge < -0.3 is 0 Å². The summed E-state index contributed by atoms with van der Waals surface area (Å²) >= 11 is 0.357. The van der Waals surface area contributed by atoms with Crippen LogP contribution in [0.1, 0.15) is 0 Å². The molecule has 0 saturated heterocycles. The Labute approximate surface area is 165 Å². The zero-order valence-corrected chi connectivity index (χ0v) is 16.5. The van der Waals surface area contributed by atoms with Crippen LogP contribution in [0, 0.1) is 10.2 Å². The second-order valence-electron chi connectivity index (χ2n) is 5.63. The Balaban J connectivity index is 0.000000376. The molecule has 0 fully saturated rings. The molecule has 3 aromatic carbocycles. The number of fused-ring (bicyclic) bond motifs is 1. The first kappa shape index (κ1) is 19.7. The molecule has 4 nitrogen and oxygen atoms in total. The third-order valence-corrected chi connectivity index (χ3v) is 6.23. The number of hydrogen-bond donors (Lipinski definition) is 0. The van der Waals surface area contributed by atoms with Gasteiger partial charge in [-0.05, 0) is 0 Å². The molecule has 0 amide bonds. The Kier molecular flexibility index (Phi) is 6.37. The van der Waals surface area contributed by atoms with Gasteiger partial charge in [0.25, 0.3) is 0 Å². The molecule has 6 heteroatoms. The molecule has 1 aromatic heterocycles. The molecular weight excluding hydrogens is 431 g/mol. The van der Waals surface area contributed by atoms with Crippen LogP contribution in [0.4, 0.5) is 0 Å². The Bertz CT molecular complexity index is 1010. The van der Waals surface area contributed by atoms with Crippen molar-refractivity contribution < 1.29 is 28.9 Å². The number of rotatable bonds is 2. The summed E-state index contributed by atoms with van der Waals surface area (Å²) in [6, 6.07) is 32.6. The van der Waals surface area contributed by atoms with Crippen LogP contribution in [0.2, 0.25) is 0 Å². The van der Waals surface area contributed by atoms with Gasteiger partial charge in [0, 0.05) is 0 Å². The van der Waals surface area contributed by atoms with E-state index in [1.54, 1.807) is 0 Å². The molecule has 0 aliphatic carbocycles. The summed E-state index contributed by atoms with van der Waals surface area (Å²) in [5.41, 5.74) is 3.97. The average Bonchev–Trinajstić information content (AvgIpc) is 2.67. The zero-order chi connectivity index (χ0) is 19.3. The first-order chi connectivity index (χ1) is 12.9. The molecule has 0 aliphatic heterocycles. The third-order valence-electron chi connectivity index (χ3n) is 3.82. The number of benzene rings is 3. The summed E-state index contributed by atoms with van der Waals surface area (Å²) in [5, 5.41) is 1.38. The molecule has 0 N–H and O–H groups in total. The molecule has 0 saturated carbocycles.